The molecule has 4 aromatic rings. The molecule has 3 atom stereocenters. The molecule has 2 N–H and O–H groups in total. The van der Waals surface area contributed by atoms with E-state index in [0.29, 0.717) is 35.5 Å². The van der Waals surface area contributed by atoms with Crippen LogP contribution in [-0.4, -0.2) is 72.6 Å². The first kappa shape index (κ1) is 33.9. The minimum Gasteiger partial charge on any atom is -0.496 e. The van der Waals surface area contributed by atoms with Gasteiger partial charge in [-0.05, 0) is 94.0 Å². The van der Waals surface area contributed by atoms with E-state index in [0.717, 1.165) is 74.3 Å². The molecule has 4 aliphatic rings. The fourth-order valence-corrected chi connectivity index (χ4v) is 9.68. The van der Waals surface area contributed by atoms with Crippen molar-refractivity contribution in [1.29, 1.82) is 0 Å². The van der Waals surface area contributed by atoms with Crippen LogP contribution in [0.4, 0.5) is 10.5 Å². The van der Waals surface area contributed by atoms with Crippen LogP contribution in [0, 0.1) is 24.2 Å². The van der Waals surface area contributed by atoms with E-state index in [1.807, 2.05) is 17.0 Å². The number of fused-ring (bicyclic) bond motifs is 4. The van der Waals surface area contributed by atoms with Crippen LogP contribution < -0.4 is 15.4 Å². The Labute approximate surface area is 300 Å². The van der Waals surface area contributed by atoms with E-state index < -0.39 is 17.7 Å². The number of nitrogens with zero attached hydrogens (tertiary/aromatic N) is 3. The summed E-state index contributed by atoms with van der Waals surface area (Å²) in [6.07, 6.45) is 5.29. The third kappa shape index (κ3) is 5.56. The number of primary amides is 1. The highest BCUT2D eigenvalue weighted by Gasteiger charge is 2.66. The highest BCUT2D eigenvalue weighted by Crippen LogP contribution is 2.57. The van der Waals surface area contributed by atoms with E-state index in [9.17, 15) is 9.59 Å². The Hall–Kier alpha value is -4.18. The number of hydrogen-bond acceptors (Lipinski definition) is 7. The predicted octanol–water partition coefficient (Wildman–Crippen LogP) is 7.90. The number of likely N-dealkylation sites (tertiary alicyclic amines) is 1. The maximum atomic E-state index is 14.5. The molecule has 2 unspecified atom stereocenters. The highest BCUT2D eigenvalue weighted by atomic mass is 16.6. The minimum atomic E-state index is -0.797. The molecule has 10 nitrogen and oxygen atoms in total. The molecule has 8 rings (SSSR count). The number of aromatic nitrogens is 1. The zero-order valence-electron chi connectivity index (χ0n) is 30.9. The lowest BCUT2D eigenvalue weighted by Crippen LogP contribution is -2.60. The van der Waals surface area contributed by atoms with Gasteiger partial charge in [0.15, 0.2) is 5.76 Å². The Morgan fingerprint density at radius 1 is 1.04 bits per heavy atom. The molecule has 4 fully saturated rings. The first-order chi connectivity index (χ1) is 24.4. The van der Waals surface area contributed by atoms with E-state index in [2.05, 4.69) is 68.4 Å². The molecule has 2 amide bonds. The summed E-state index contributed by atoms with van der Waals surface area (Å²) in [6, 6.07) is 12.8. The van der Waals surface area contributed by atoms with Crippen LogP contribution in [0.1, 0.15) is 82.1 Å². The van der Waals surface area contributed by atoms with Gasteiger partial charge in [0.25, 0.3) is 5.91 Å². The van der Waals surface area contributed by atoms with Crippen LogP contribution in [0.5, 0.6) is 5.75 Å². The number of amides is 2. The zero-order chi connectivity index (χ0) is 35.8. The number of nitrogens with two attached hydrogens (primary N) is 1. The van der Waals surface area contributed by atoms with Gasteiger partial charge in [-0.3, -0.25) is 4.79 Å². The first-order valence-corrected chi connectivity index (χ1v) is 18.8. The van der Waals surface area contributed by atoms with E-state index in [1.165, 1.54) is 29.4 Å². The van der Waals surface area contributed by atoms with E-state index in [-0.39, 0.29) is 17.2 Å². The number of rotatable bonds is 9. The number of methoxy groups -OCH3 is 1. The van der Waals surface area contributed by atoms with Crippen LogP contribution in [0.15, 0.2) is 40.8 Å². The Kier molecular flexibility index (Phi) is 8.32. The van der Waals surface area contributed by atoms with Gasteiger partial charge in [-0.15, -0.1) is 0 Å². The summed E-state index contributed by atoms with van der Waals surface area (Å²) in [5.74, 6) is 1.97. The number of aryl methyl sites for hydroxylation is 1. The topological polar surface area (TPSA) is 112 Å². The average Bonchev–Trinajstić information content (AvgIpc) is 3.50. The number of carbonyl (C=O) groups is 2. The maximum Gasteiger partial charge on any atom is 0.404 e. The molecule has 2 saturated heterocycles. The summed E-state index contributed by atoms with van der Waals surface area (Å²) in [7, 11) is 1.64. The second kappa shape index (κ2) is 12.5. The summed E-state index contributed by atoms with van der Waals surface area (Å²) in [5.41, 5.74) is 10.1. The Morgan fingerprint density at radius 2 is 1.80 bits per heavy atom. The van der Waals surface area contributed by atoms with Crippen molar-refractivity contribution >= 4 is 39.6 Å². The molecule has 2 bridgehead atoms. The fraction of sp³-hybridized carbons (Fsp3) is 0.561. The van der Waals surface area contributed by atoms with Crippen molar-refractivity contribution in [2.24, 2.45) is 23.0 Å². The summed E-state index contributed by atoms with van der Waals surface area (Å²) < 4.78 is 26.9. The minimum absolute atomic E-state index is 0.0413. The largest absolute Gasteiger partial charge is 0.496 e. The van der Waals surface area contributed by atoms with Crippen molar-refractivity contribution in [3.05, 3.63) is 47.5 Å². The lowest BCUT2D eigenvalue weighted by Gasteiger charge is -2.49. The first-order valence-electron chi connectivity index (χ1n) is 18.8. The van der Waals surface area contributed by atoms with Crippen molar-refractivity contribution in [3.63, 3.8) is 0 Å². The number of benzene rings is 2. The lowest BCUT2D eigenvalue weighted by molar-refractivity contribution is -0.0359. The maximum absolute atomic E-state index is 14.5. The molecule has 10 heteroatoms. The van der Waals surface area contributed by atoms with E-state index in [1.54, 1.807) is 7.11 Å². The third-order valence-corrected chi connectivity index (χ3v) is 12.4. The van der Waals surface area contributed by atoms with Crippen molar-refractivity contribution in [2.45, 2.75) is 97.4 Å². The van der Waals surface area contributed by atoms with E-state index in [4.69, 9.17) is 24.4 Å². The second-order valence-electron chi connectivity index (χ2n) is 16.3. The molecular weight excluding hydrogens is 644 g/mol. The lowest BCUT2D eigenvalue weighted by atomic mass is 9.70. The van der Waals surface area contributed by atoms with Gasteiger partial charge >= 0.3 is 6.09 Å². The SMILES string of the molecule is CCOC1CCN(c2ccc3cc(-c4oc5cc(C(=O)N6CC7CCC6(C(C)(C)C)[C@@H]7OC(N)=O)cc(OC)c5c4C)n(CC4CC4)c3c2)CC1. The molecule has 2 aliphatic heterocycles. The van der Waals surface area contributed by atoms with Crippen molar-refractivity contribution < 1.29 is 28.2 Å². The summed E-state index contributed by atoms with van der Waals surface area (Å²) in [6.45, 7) is 14.7. The summed E-state index contributed by atoms with van der Waals surface area (Å²) in [4.78, 5) is 31.0. The van der Waals surface area contributed by atoms with Crippen LogP contribution in [0.2, 0.25) is 0 Å². The van der Waals surface area contributed by atoms with E-state index >= 15 is 0 Å². The van der Waals surface area contributed by atoms with Crippen LogP contribution >= 0.6 is 0 Å². The molecule has 2 aromatic carbocycles. The molecule has 51 heavy (non-hydrogen) atoms. The number of carbonyl (C=O) groups excluding carboxylic acids is 2. The van der Waals surface area contributed by atoms with Crippen LogP contribution in [-0.2, 0) is 16.0 Å². The molecule has 272 valence electrons. The number of ether oxygens (including phenoxy) is 3. The monoisotopic (exact) mass is 696 g/mol. The number of piperidine rings is 2. The molecule has 2 saturated carbocycles. The van der Waals surface area contributed by atoms with Crippen LogP contribution in [0.3, 0.4) is 0 Å². The quantitative estimate of drug-likeness (QED) is 0.189. The molecule has 4 heterocycles. The predicted molar refractivity (Wildman–Crippen MR) is 198 cm³/mol. The number of anilines is 1. The standard InChI is InChI=1S/C41H52N4O6/c1-7-49-30-13-16-43(17-14-30)29-11-10-26-18-32(44(31(26)21-29)22-25-8-9-25)36-24(2)35-33(48-6)19-28(20-34(35)50-36)38(46)45-23-27-12-15-41(45,40(3,4)5)37(27)51-39(42)47/h10-11,18-21,25,27,30,37H,7-9,12-17,22-23H2,1-6H3,(H2,42,47)/t27?,37-,41?/m1/s1. The van der Waals surface area contributed by atoms with Gasteiger partial charge < -0.3 is 38.7 Å². The Morgan fingerprint density at radius 3 is 2.47 bits per heavy atom. The normalized spacial score (nSPS) is 23.9. The number of furan rings is 1. The Balaban J connectivity index is 1.17. The van der Waals surface area contributed by atoms with Gasteiger partial charge in [0, 0.05) is 60.9 Å². The zero-order valence-corrected chi connectivity index (χ0v) is 30.9. The number of hydrogen-bond donors (Lipinski definition) is 1. The van der Waals surface area contributed by atoms with Crippen molar-refractivity contribution in [1.82, 2.24) is 9.47 Å². The molecule has 2 aliphatic carbocycles. The van der Waals surface area contributed by atoms with Crippen molar-refractivity contribution in [2.75, 3.05) is 38.3 Å². The highest BCUT2D eigenvalue weighted by molar-refractivity contribution is 6.03. The second-order valence-corrected chi connectivity index (χ2v) is 16.3. The summed E-state index contributed by atoms with van der Waals surface area (Å²) >= 11 is 0. The fourth-order valence-electron chi connectivity index (χ4n) is 9.68. The van der Waals surface area contributed by atoms with Crippen molar-refractivity contribution in [3.8, 4) is 17.2 Å². The van der Waals surface area contributed by atoms with Gasteiger partial charge in [-0.1, -0.05) is 26.8 Å². The van der Waals surface area contributed by atoms with Gasteiger partial charge in [0.1, 0.15) is 17.4 Å². The molecule has 0 spiro atoms. The van der Waals surface area contributed by atoms with Gasteiger partial charge in [-0.2, -0.15) is 0 Å². The van der Waals surface area contributed by atoms with Gasteiger partial charge in [0.05, 0.1) is 35.3 Å². The van der Waals surface area contributed by atoms with Crippen LogP contribution in [0.25, 0.3) is 33.3 Å². The average molecular weight is 697 g/mol. The molecule has 2 aromatic heterocycles. The van der Waals surface area contributed by atoms with Gasteiger partial charge in [-0.25, -0.2) is 4.79 Å². The third-order valence-electron chi connectivity index (χ3n) is 12.4. The Bertz CT molecular complexity index is 1990. The molecule has 0 radical (unpaired) electrons. The smallest absolute Gasteiger partial charge is 0.404 e. The summed E-state index contributed by atoms with van der Waals surface area (Å²) in [5, 5.41) is 2.05. The molecular formula is C41H52N4O6. The van der Waals surface area contributed by atoms with Gasteiger partial charge in [0.2, 0.25) is 0 Å².